The van der Waals surface area contributed by atoms with Gasteiger partial charge in [0.1, 0.15) is 0 Å². The van der Waals surface area contributed by atoms with Crippen LogP contribution in [0, 0.1) is 0 Å². The molecule has 0 unspecified atom stereocenters. The van der Waals surface area contributed by atoms with Gasteiger partial charge in [0.25, 0.3) is 10.0 Å². The molecule has 0 saturated carbocycles. The van der Waals surface area contributed by atoms with Gasteiger partial charge in [-0.05, 0) is 36.8 Å². The summed E-state index contributed by atoms with van der Waals surface area (Å²) in [5.74, 6) is 0. The highest BCUT2D eigenvalue weighted by atomic mass is 79.9. The van der Waals surface area contributed by atoms with E-state index in [4.69, 9.17) is 0 Å². The van der Waals surface area contributed by atoms with Gasteiger partial charge in [0.05, 0.1) is 10.6 Å². The van der Waals surface area contributed by atoms with Crippen molar-refractivity contribution in [1.29, 1.82) is 0 Å². The van der Waals surface area contributed by atoms with Crippen molar-refractivity contribution in [3.8, 4) is 0 Å². The van der Waals surface area contributed by atoms with Crippen LogP contribution in [-0.2, 0) is 10.0 Å². The Morgan fingerprint density at radius 2 is 1.65 bits per heavy atom. The summed E-state index contributed by atoms with van der Waals surface area (Å²) in [6.45, 7) is 1.75. The van der Waals surface area contributed by atoms with E-state index in [1.807, 2.05) is 24.3 Å². The smallest absolute Gasteiger partial charge is 0.200 e. The second kappa shape index (κ2) is 6.19. The van der Waals surface area contributed by atoms with E-state index in [9.17, 15) is 8.42 Å². The highest BCUT2D eigenvalue weighted by Gasteiger charge is 2.11. The van der Waals surface area contributed by atoms with Gasteiger partial charge in [0, 0.05) is 4.47 Å². The van der Waals surface area contributed by atoms with Crippen molar-refractivity contribution < 1.29 is 8.42 Å². The lowest BCUT2D eigenvalue weighted by atomic mass is 10.1. The summed E-state index contributed by atoms with van der Waals surface area (Å²) >= 11 is 3.34. The molecular formula is C14H13BrN2O2S. The highest BCUT2D eigenvalue weighted by molar-refractivity contribution is 9.10. The predicted molar refractivity (Wildman–Crippen MR) is 83.1 cm³/mol. The summed E-state index contributed by atoms with van der Waals surface area (Å²) < 4.78 is 25.0. The Balaban J connectivity index is 2.18. The molecule has 2 aromatic rings. The third-order valence-electron chi connectivity index (χ3n) is 2.65. The first-order valence-corrected chi connectivity index (χ1v) is 8.14. The summed E-state index contributed by atoms with van der Waals surface area (Å²) in [4.78, 5) is 2.42. The molecule has 2 aromatic carbocycles. The van der Waals surface area contributed by atoms with E-state index in [1.165, 1.54) is 12.1 Å². The van der Waals surface area contributed by atoms with Gasteiger partial charge < -0.3 is 0 Å². The molecule has 0 amide bonds. The number of benzene rings is 2. The Labute approximate surface area is 126 Å². The lowest BCUT2D eigenvalue weighted by molar-refractivity contribution is 0.584. The van der Waals surface area contributed by atoms with Crippen LogP contribution in [0.2, 0.25) is 0 Å². The second-order valence-corrected chi connectivity index (χ2v) is 6.69. The molecule has 20 heavy (non-hydrogen) atoms. The van der Waals surface area contributed by atoms with Crippen molar-refractivity contribution in [3.63, 3.8) is 0 Å². The van der Waals surface area contributed by atoms with Crippen LogP contribution >= 0.6 is 15.9 Å². The number of rotatable bonds is 4. The highest BCUT2D eigenvalue weighted by Crippen LogP contribution is 2.11. The van der Waals surface area contributed by atoms with Crippen LogP contribution in [0.15, 0.2) is 69.1 Å². The normalized spacial score (nSPS) is 12.2. The van der Waals surface area contributed by atoms with E-state index in [1.54, 1.807) is 25.1 Å². The molecule has 0 aromatic heterocycles. The number of halogens is 1. The third kappa shape index (κ3) is 3.68. The lowest BCUT2D eigenvalue weighted by Crippen LogP contribution is -2.19. The number of hydrogen-bond donors (Lipinski definition) is 1. The first-order valence-electron chi connectivity index (χ1n) is 5.86. The number of hydrogen-bond acceptors (Lipinski definition) is 3. The van der Waals surface area contributed by atoms with Crippen molar-refractivity contribution in [2.24, 2.45) is 5.10 Å². The van der Waals surface area contributed by atoms with Crippen LogP contribution < -0.4 is 4.83 Å². The van der Waals surface area contributed by atoms with Gasteiger partial charge in [-0.2, -0.15) is 18.4 Å². The van der Waals surface area contributed by atoms with Crippen molar-refractivity contribution in [2.75, 3.05) is 0 Å². The number of nitrogens with zero attached hydrogens (tertiary/aromatic N) is 1. The minimum Gasteiger partial charge on any atom is -0.200 e. The Morgan fingerprint density at radius 1 is 1.05 bits per heavy atom. The van der Waals surface area contributed by atoms with Gasteiger partial charge in [-0.15, -0.1) is 0 Å². The number of sulfonamides is 1. The fourth-order valence-corrected chi connectivity index (χ4v) is 2.68. The van der Waals surface area contributed by atoms with Gasteiger partial charge in [0.2, 0.25) is 0 Å². The molecule has 0 aliphatic heterocycles. The fourth-order valence-electron chi connectivity index (χ4n) is 1.54. The molecule has 0 atom stereocenters. The maximum atomic E-state index is 12.0. The molecule has 0 radical (unpaired) electrons. The zero-order chi connectivity index (χ0) is 14.6. The predicted octanol–water partition coefficient (Wildman–Crippen LogP) is 3.15. The van der Waals surface area contributed by atoms with E-state index in [0.29, 0.717) is 5.71 Å². The van der Waals surface area contributed by atoms with Crippen LogP contribution in [0.3, 0.4) is 0 Å². The second-order valence-electron chi connectivity index (χ2n) is 4.11. The van der Waals surface area contributed by atoms with Gasteiger partial charge in [-0.25, -0.2) is 0 Å². The number of hydrazone groups is 1. The zero-order valence-electron chi connectivity index (χ0n) is 10.7. The molecule has 4 nitrogen and oxygen atoms in total. The fraction of sp³-hybridized carbons (Fsp3) is 0.0714. The van der Waals surface area contributed by atoms with Crippen molar-refractivity contribution in [1.82, 2.24) is 4.83 Å². The Bertz CT molecular complexity index is 711. The van der Waals surface area contributed by atoms with Crippen LogP contribution in [0.25, 0.3) is 0 Å². The van der Waals surface area contributed by atoms with Gasteiger partial charge in [-0.3, -0.25) is 0 Å². The van der Waals surface area contributed by atoms with E-state index in [2.05, 4.69) is 25.9 Å². The topological polar surface area (TPSA) is 58.5 Å². The minimum absolute atomic E-state index is 0.187. The maximum absolute atomic E-state index is 12.0. The van der Waals surface area contributed by atoms with E-state index in [-0.39, 0.29) is 4.90 Å². The number of nitrogens with one attached hydrogen (secondary N) is 1. The molecule has 0 heterocycles. The van der Waals surface area contributed by atoms with E-state index >= 15 is 0 Å². The quantitative estimate of drug-likeness (QED) is 0.678. The summed E-state index contributed by atoms with van der Waals surface area (Å²) in [5, 5.41) is 3.94. The first kappa shape index (κ1) is 14.7. The molecule has 0 bridgehead atoms. The molecule has 104 valence electrons. The average Bonchev–Trinajstić information content (AvgIpc) is 2.46. The monoisotopic (exact) mass is 352 g/mol. The lowest BCUT2D eigenvalue weighted by Gasteiger charge is -2.05. The molecular weight excluding hydrogens is 340 g/mol. The van der Waals surface area contributed by atoms with Crippen molar-refractivity contribution >= 4 is 31.7 Å². The molecule has 0 aliphatic rings. The van der Waals surface area contributed by atoms with Crippen molar-refractivity contribution in [2.45, 2.75) is 11.8 Å². The van der Waals surface area contributed by atoms with E-state index < -0.39 is 10.0 Å². The van der Waals surface area contributed by atoms with E-state index in [0.717, 1.165) is 10.0 Å². The van der Waals surface area contributed by atoms with Gasteiger partial charge in [0.15, 0.2) is 0 Å². The SMILES string of the molecule is C/C(=N/NS(=O)(=O)c1ccccc1)c1ccc(Br)cc1. The average molecular weight is 353 g/mol. The maximum Gasteiger partial charge on any atom is 0.276 e. The summed E-state index contributed by atoms with van der Waals surface area (Å²) in [5.41, 5.74) is 1.45. The first-order chi connectivity index (χ1) is 9.49. The molecule has 2 rings (SSSR count). The zero-order valence-corrected chi connectivity index (χ0v) is 13.1. The Hall–Kier alpha value is -1.66. The van der Waals surface area contributed by atoms with Crippen LogP contribution in [0.1, 0.15) is 12.5 Å². The minimum atomic E-state index is -3.62. The van der Waals surface area contributed by atoms with Crippen LogP contribution in [0.5, 0.6) is 0 Å². The summed E-state index contributed by atoms with van der Waals surface area (Å²) in [7, 11) is -3.62. The summed E-state index contributed by atoms with van der Waals surface area (Å²) in [6, 6.07) is 15.6. The summed E-state index contributed by atoms with van der Waals surface area (Å²) in [6.07, 6.45) is 0. The van der Waals surface area contributed by atoms with Crippen LogP contribution in [-0.4, -0.2) is 14.1 Å². The molecule has 1 N–H and O–H groups in total. The van der Waals surface area contributed by atoms with Crippen LogP contribution in [0.4, 0.5) is 0 Å². The third-order valence-corrected chi connectivity index (χ3v) is 4.40. The van der Waals surface area contributed by atoms with Gasteiger partial charge in [-0.1, -0.05) is 46.3 Å². The van der Waals surface area contributed by atoms with Crippen molar-refractivity contribution in [3.05, 3.63) is 64.6 Å². The molecule has 0 saturated heterocycles. The molecule has 0 fully saturated rings. The Morgan fingerprint density at radius 3 is 2.25 bits per heavy atom. The van der Waals surface area contributed by atoms with Gasteiger partial charge >= 0.3 is 0 Å². The molecule has 6 heteroatoms. The molecule has 0 spiro atoms. The Kier molecular flexibility index (Phi) is 4.57. The molecule has 0 aliphatic carbocycles. The standard InChI is InChI=1S/C14H13BrN2O2S/c1-11(12-7-9-13(15)10-8-12)16-17-20(18,19)14-5-3-2-4-6-14/h2-10,17H,1H3/b16-11-. The largest absolute Gasteiger partial charge is 0.276 e.